The highest BCUT2D eigenvalue weighted by Gasteiger charge is 2.21. The van der Waals surface area contributed by atoms with Gasteiger partial charge in [-0.15, -0.1) is 0 Å². The summed E-state index contributed by atoms with van der Waals surface area (Å²) in [5.74, 6) is 0. The predicted octanol–water partition coefficient (Wildman–Crippen LogP) is 1.78. The zero-order chi connectivity index (χ0) is 11.2. The fraction of sp³-hybridized carbons (Fsp3) is 0.615. The van der Waals surface area contributed by atoms with E-state index in [4.69, 9.17) is 4.74 Å². The summed E-state index contributed by atoms with van der Waals surface area (Å²) in [6.45, 7) is 4.10. The SMILES string of the molecule is CC(NCCc1ccccn1)C1CCCO1. The molecule has 2 heterocycles. The number of ether oxygens (including phenoxy) is 1. The van der Waals surface area contributed by atoms with Crippen LogP contribution in [0.15, 0.2) is 24.4 Å². The Hall–Kier alpha value is -0.930. The highest BCUT2D eigenvalue weighted by Crippen LogP contribution is 2.15. The number of nitrogens with one attached hydrogen (secondary N) is 1. The minimum atomic E-state index is 0.406. The van der Waals surface area contributed by atoms with E-state index < -0.39 is 0 Å². The van der Waals surface area contributed by atoms with E-state index in [9.17, 15) is 0 Å². The average molecular weight is 220 g/mol. The lowest BCUT2D eigenvalue weighted by Gasteiger charge is -2.19. The van der Waals surface area contributed by atoms with Crippen molar-refractivity contribution in [3.63, 3.8) is 0 Å². The van der Waals surface area contributed by atoms with Crippen molar-refractivity contribution in [1.29, 1.82) is 0 Å². The number of rotatable bonds is 5. The molecule has 1 fully saturated rings. The van der Waals surface area contributed by atoms with Gasteiger partial charge in [0, 0.05) is 37.5 Å². The van der Waals surface area contributed by atoms with Crippen LogP contribution in [0.1, 0.15) is 25.5 Å². The van der Waals surface area contributed by atoms with Crippen LogP contribution in [0.2, 0.25) is 0 Å². The summed E-state index contributed by atoms with van der Waals surface area (Å²) in [6.07, 6.45) is 5.63. The van der Waals surface area contributed by atoms with E-state index in [0.29, 0.717) is 12.1 Å². The Labute approximate surface area is 97.2 Å². The third-order valence-electron chi connectivity index (χ3n) is 3.10. The maximum Gasteiger partial charge on any atom is 0.0726 e. The van der Waals surface area contributed by atoms with E-state index in [-0.39, 0.29) is 0 Å². The van der Waals surface area contributed by atoms with Gasteiger partial charge in [0.05, 0.1) is 6.10 Å². The van der Waals surface area contributed by atoms with E-state index in [1.165, 1.54) is 12.8 Å². The van der Waals surface area contributed by atoms with E-state index >= 15 is 0 Å². The van der Waals surface area contributed by atoms with Crippen molar-refractivity contribution in [2.75, 3.05) is 13.2 Å². The highest BCUT2D eigenvalue weighted by molar-refractivity contribution is 5.03. The fourth-order valence-electron chi connectivity index (χ4n) is 2.10. The first-order chi connectivity index (χ1) is 7.86. The first-order valence-corrected chi connectivity index (χ1v) is 6.11. The van der Waals surface area contributed by atoms with Gasteiger partial charge in [-0.3, -0.25) is 4.98 Å². The quantitative estimate of drug-likeness (QED) is 0.821. The van der Waals surface area contributed by atoms with Crippen LogP contribution < -0.4 is 5.32 Å². The molecule has 0 bridgehead atoms. The van der Waals surface area contributed by atoms with Crippen LogP contribution in [0.4, 0.5) is 0 Å². The molecule has 0 saturated carbocycles. The second-order valence-corrected chi connectivity index (χ2v) is 4.37. The van der Waals surface area contributed by atoms with Gasteiger partial charge in [0.15, 0.2) is 0 Å². The van der Waals surface area contributed by atoms with Gasteiger partial charge >= 0.3 is 0 Å². The van der Waals surface area contributed by atoms with Crippen molar-refractivity contribution in [2.24, 2.45) is 0 Å². The van der Waals surface area contributed by atoms with Gasteiger partial charge in [-0.1, -0.05) is 6.07 Å². The molecule has 1 aliphatic rings. The van der Waals surface area contributed by atoms with Gasteiger partial charge in [0.1, 0.15) is 0 Å². The molecule has 16 heavy (non-hydrogen) atoms. The standard InChI is InChI=1S/C13H20N2O/c1-11(13-6-4-10-16-13)14-9-7-12-5-2-3-8-15-12/h2-3,5,8,11,13-14H,4,6-7,9-10H2,1H3. The summed E-state index contributed by atoms with van der Waals surface area (Å²) in [6, 6.07) is 6.50. The number of hydrogen-bond acceptors (Lipinski definition) is 3. The second kappa shape index (κ2) is 5.97. The highest BCUT2D eigenvalue weighted by atomic mass is 16.5. The molecule has 3 nitrogen and oxygen atoms in total. The van der Waals surface area contributed by atoms with Crippen molar-refractivity contribution < 1.29 is 4.74 Å². The number of hydrogen-bond donors (Lipinski definition) is 1. The molecule has 1 saturated heterocycles. The van der Waals surface area contributed by atoms with E-state index in [2.05, 4.69) is 23.3 Å². The molecule has 88 valence electrons. The summed E-state index contributed by atoms with van der Waals surface area (Å²) >= 11 is 0. The van der Waals surface area contributed by atoms with Gasteiger partial charge in [0.25, 0.3) is 0 Å². The molecule has 1 N–H and O–H groups in total. The molecule has 1 aromatic rings. The van der Waals surface area contributed by atoms with Gasteiger partial charge in [0.2, 0.25) is 0 Å². The van der Waals surface area contributed by atoms with Crippen LogP contribution in [0.25, 0.3) is 0 Å². The normalized spacial score (nSPS) is 22.2. The second-order valence-electron chi connectivity index (χ2n) is 4.37. The fourth-order valence-corrected chi connectivity index (χ4v) is 2.10. The van der Waals surface area contributed by atoms with Crippen LogP contribution in [-0.4, -0.2) is 30.3 Å². The van der Waals surface area contributed by atoms with E-state index in [1.54, 1.807) is 0 Å². The van der Waals surface area contributed by atoms with Crippen molar-refractivity contribution >= 4 is 0 Å². The Kier molecular flexibility index (Phi) is 4.31. The summed E-state index contributed by atoms with van der Waals surface area (Å²) < 4.78 is 5.64. The molecule has 2 atom stereocenters. The Morgan fingerprint density at radius 3 is 3.19 bits per heavy atom. The molecule has 0 spiro atoms. The third-order valence-corrected chi connectivity index (χ3v) is 3.10. The van der Waals surface area contributed by atoms with Gasteiger partial charge in [-0.25, -0.2) is 0 Å². The minimum Gasteiger partial charge on any atom is -0.377 e. The number of nitrogens with zero attached hydrogens (tertiary/aromatic N) is 1. The van der Waals surface area contributed by atoms with Crippen LogP contribution in [-0.2, 0) is 11.2 Å². The third kappa shape index (κ3) is 3.29. The first-order valence-electron chi connectivity index (χ1n) is 6.11. The van der Waals surface area contributed by atoms with Crippen LogP contribution in [0, 0.1) is 0 Å². The minimum absolute atomic E-state index is 0.406. The van der Waals surface area contributed by atoms with Crippen molar-refractivity contribution in [3.05, 3.63) is 30.1 Å². The maximum atomic E-state index is 5.64. The summed E-state index contributed by atoms with van der Waals surface area (Å²) in [4.78, 5) is 4.30. The van der Waals surface area contributed by atoms with Crippen LogP contribution >= 0.6 is 0 Å². The number of pyridine rings is 1. The van der Waals surface area contributed by atoms with E-state index in [0.717, 1.165) is 25.3 Å². The van der Waals surface area contributed by atoms with Crippen molar-refractivity contribution in [3.8, 4) is 0 Å². The molecule has 2 unspecified atom stereocenters. The molecule has 1 aliphatic heterocycles. The van der Waals surface area contributed by atoms with Gasteiger partial charge < -0.3 is 10.1 Å². The Morgan fingerprint density at radius 1 is 1.56 bits per heavy atom. The van der Waals surface area contributed by atoms with Gasteiger partial charge in [-0.2, -0.15) is 0 Å². The lowest BCUT2D eigenvalue weighted by Crippen LogP contribution is -2.38. The topological polar surface area (TPSA) is 34.2 Å². The van der Waals surface area contributed by atoms with Crippen LogP contribution in [0.5, 0.6) is 0 Å². The number of aromatic nitrogens is 1. The van der Waals surface area contributed by atoms with Crippen molar-refractivity contribution in [2.45, 2.75) is 38.3 Å². The van der Waals surface area contributed by atoms with E-state index in [1.807, 2.05) is 18.3 Å². The lowest BCUT2D eigenvalue weighted by atomic mass is 10.1. The molecular formula is C13H20N2O. The smallest absolute Gasteiger partial charge is 0.0726 e. The molecule has 0 radical (unpaired) electrons. The molecule has 1 aromatic heterocycles. The Morgan fingerprint density at radius 2 is 2.50 bits per heavy atom. The van der Waals surface area contributed by atoms with Crippen LogP contribution in [0.3, 0.4) is 0 Å². The average Bonchev–Trinajstić information content (AvgIpc) is 2.84. The predicted molar refractivity (Wildman–Crippen MR) is 64.4 cm³/mol. The maximum absolute atomic E-state index is 5.64. The summed E-state index contributed by atoms with van der Waals surface area (Å²) in [7, 11) is 0. The van der Waals surface area contributed by atoms with Gasteiger partial charge in [-0.05, 0) is 31.9 Å². The molecule has 0 aromatic carbocycles. The lowest BCUT2D eigenvalue weighted by molar-refractivity contribution is 0.0839. The summed E-state index contributed by atoms with van der Waals surface area (Å²) in [5, 5.41) is 3.51. The molecular weight excluding hydrogens is 200 g/mol. The zero-order valence-corrected chi connectivity index (χ0v) is 9.86. The first kappa shape index (κ1) is 11.6. The summed E-state index contributed by atoms with van der Waals surface area (Å²) in [5.41, 5.74) is 1.15. The molecule has 2 rings (SSSR count). The monoisotopic (exact) mass is 220 g/mol. The Balaban J connectivity index is 1.67. The zero-order valence-electron chi connectivity index (χ0n) is 9.86. The molecule has 0 amide bonds. The Bertz CT molecular complexity index is 296. The molecule has 0 aliphatic carbocycles. The van der Waals surface area contributed by atoms with Crippen molar-refractivity contribution in [1.82, 2.24) is 10.3 Å². The largest absolute Gasteiger partial charge is 0.377 e. The molecule has 3 heteroatoms.